The third-order valence-electron chi connectivity index (χ3n) is 4.82. The number of aliphatic carboxylic acids is 1. The number of halogens is 2. The van der Waals surface area contributed by atoms with Gasteiger partial charge in [-0.15, -0.1) is 6.42 Å². The maximum atomic E-state index is 14.5. The van der Waals surface area contributed by atoms with Crippen LogP contribution in [0, 0.1) is 25.1 Å². The summed E-state index contributed by atoms with van der Waals surface area (Å²) in [5, 5.41) is 22.9. The standard InChI is InChI=1S/C19H17ClFNO6.C5H6S/c1-3-10(2)28-16-9-15(14(21)8-13(16)20)22(19(26)27)17(23)11-6-4-5-7-12(11)18(24)25;1-5-2-3-6-4-5/h1,8-10H,4-7H2,2H3,(H,24,25)(H,26,27);2-4H,1H3. The average molecular weight is 508 g/mol. The highest BCUT2D eigenvalue weighted by Gasteiger charge is 2.33. The maximum Gasteiger partial charge on any atom is 0.419 e. The van der Waals surface area contributed by atoms with Crippen molar-refractivity contribution in [2.45, 2.75) is 45.6 Å². The molecule has 0 fully saturated rings. The van der Waals surface area contributed by atoms with Crippen molar-refractivity contribution < 1.29 is 33.7 Å². The van der Waals surface area contributed by atoms with Crippen LogP contribution in [-0.2, 0) is 9.59 Å². The quantitative estimate of drug-likeness (QED) is 0.488. The third-order valence-corrected chi connectivity index (χ3v) is 5.92. The van der Waals surface area contributed by atoms with Gasteiger partial charge >= 0.3 is 12.1 Å². The number of aryl methyl sites for hydroxylation is 1. The Kier molecular flexibility index (Phi) is 9.66. The van der Waals surface area contributed by atoms with E-state index >= 15 is 0 Å². The minimum absolute atomic E-state index is 0.0803. The minimum Gasteiger partial charge on any atom is -0.478 e. The van der Waals surface area contributed by atoms with Gasteiger partial charge in [-0.3, -0.25) is 4.79 Å². The molecule has 7 nitrogen and oxygen atoms in total. The summed E-state index contributed by atoms with van der Waals surface area (Å²) in [6.07, 6.45) is 3.98. The largest absolute Gasteiger partial charge is 0.478 e. The van der Waals surface area contributed by atoms with Gasteiger partial charge in [0.25, 0.3) is 5.91 Å². The van der Waals surface area contributed by atoms with Crippen LogP contribution < -0.4 is 9.64 Å². The van der Waals surface area contributed by atoms with Crippen molar-refractivity contribution in [2.75, 3.05) is 4.90 Å². The Morgan fingerprint density at radius 3 is 2.35 bits per heavy atom. The van der Waals surface area contributed by atoms with Gasteiger partial charge in [-0.2, -0.15) is 11.3 Å². The fourth-order valence-electron chi connectivity index (χ4n) is 3.15. The second kappa shape index (κ2) is 12.2. The molecule has 1 unspecified atom stereocenters. The van der Waals surface area contributed by atoms with E-state index in [-0.39, 0.29) is 39.7 Å². The van der Waals surface area contributed by atoms with E-state index in [9.17, 15) is 29.0 Å². The second-order valence-corrected chi connectivity index (χ2v) is 8.54. The molecule has 2 aromatic rings. The van der Waals surface area contributed by atoms with Crippen LogP contribution in [-0.4, -0.2) is 34.3 Å². The lowest BCUT2D eigenvalue weighted by Gasteiger charge is -2.24. The molecule has 1 aliphatic carbocycles. The zero-order chi connectivity index (χ0) is 25.4. The highest BCUT2D eigenvalue weighted by molar-refractivity contribution is 7.07. The predicted molar refractivity (Wildman–Crippen MR) is 128 cm³/mol. The van der Waals surface area contributed by atoms with Gasteiger partial charge in [0.1, 0.15) is 11.6 Å². The lowest BCUT2D eigenvalue weighted by atomic mass is 9.90. The molecule has 1 aromatic carbocycles. The SMILES string of the molecule is C#CC(C)Oc1cc(N(C(=O)O)C(=O)C2=C(C(=O)O)CCCC2)c(F)cc1Cl.Cc1ccsc1. The van der Waals surface area contributed by atoms with Crippen molar-refractivity contribution in [3.8, 4) is 18.1 Å². The minimum atomic E-state index is -1.77. The molecule has 1 aliphatic rings. The summed E-state index contributed by atoms with van der Waals surface area (Å²) in [5.41, 5.74) is 0.383. The van der Waals surface area contributed by atoms with Crippen LogP contribution in [0.2, 0.25) is 5.02 Å². The molecule has 1 atom stereocenters. The molecule has 10 heteroatoms. The Hall–Kier alpha value is -3.35. The number of imide groups is 1. The summed E-state index contributed by atoms with van der Waals surface area (Å²) in [6.45, 7) is 3.61. The van der Waals surface area contributed by atoms with E-state index in [1.54, 1.807) is 11.3 Å². The van der Waals surface area contributed by atoms with Crippen molar-refractivity contribution in [2.24, 2.45) is 0 Å². The first-order valence-electron chi connectivity index (χ1n) is 10.2. The lowest BCUT2D eigenvalue weighted by molar-refractivity contribution is -0.133. The van der Waals surface area contributed by atoms with Gasteiger partial charge < -0.3 is 14.9 Å². The van der Waals surface area contributed by atoms with Crippen LogP contribution in [0.4, 0.5) is 14.9 Å². The van der Waals surface area contributed by atoms with Gasteiger partial charge in [0.2, 0.25) is 0 Å². The molecule has 0 saturated heterocycles. The first-order valence-corrected chi connectivity index (χ1v) is 11.5. The second-order valence-electron chi connectivity index (χ2n) is 7.35. The van der Waals surface area contributed by atoms with E-state index in [0.29, 0.717) is 12.8 Å². The molecular weight excluding hydrogens is 485 g/mol. The third kappa shape index (κ3) is 6.83. The first kappa shape index (κ1) is 26.9. The average Bonchev–Trinajstić information content (AvgIpc) is 3.27. The number of terminal acetylenes is 1. The number of nitrogens with zero attached hydrogens (tertiary/aromatic N) is 1. The molecule has 0 saturated carbocycles. The van der Waals surface area contributed by atoms with E-state index < -0.39 is 35.6 Å². The van der Waals surface area contributed by atoms with E-state index in [1.165, 1.54) is 12.5 Å². The smallest absolute Gasteiger partial charge is 0.419 e. The maximum absolute atomic E-state index is 14.5. The molecule has 0 bridgehead atoms. The molecule has 0 radical (unpaired) electrons. The number of thiophene rings is 1. The number of rotatable bonds is 5. The number of hydrogen-bond donors (Lipinski definition) is 2. The molecule has 2 amide bonds. The van der Waals surface area contributed by atoms with Crippen molar-refractivity contribution in [1.82, 2.24) is 0 Å². The molecule has 1 heterocycles. The van der Waals surface area contributed by atoms with E-state index in [0.717, 1.165) is 12.1 Å². The van der Waals surface area contributed by atoms with E-state index in [4.69, 9.17) is 22.8 Å². The van der Waals surface area contributed by atoms with Gasteiger partial charge in [0, 0.05) is 17.2 Å². The molecule has 180 valence electrons. The Balaban J connectivity index is 0.000000589. The number of anilines is 1. The van der Waals surface area contributed by atoms with Crippen molar-refractivity contribution >= 4 is 46.6 Å². The number of carbonyl (C=O) groups excluding carboxylic acids is 1. The summed E-state index contributed by atoms with van der Waals surface area (Å²) in [5.74, 6) is -1.36. The zero-order valence-electron chi connectivity index (χ0n) is 18.5. The van der Waals surface area contributed by atoms with Crippen LogP contribution in [0.25, 0.3) is 0 Å². The monoisotopic (exact) mass is 507 g/mol. The summed E-state index contributed by atoms with van der Waals surface area (Å²) in [7, 11) is 0. The number of ether oxygens (including phenoxy) is 1. The number of hydrogen-bond acceptors (Lipinski definition) is 5. The fraction of sp³-hybridized carbons (Fsp3) is 0.292. The highest BCUT2D eigenvalue weighted by atomic mass is 35.5. The Labute approximate surface area is 205 Å². The van der Waals surface area contributed by atoms with E-state index in [2.05, 4.69) is 29.7 Å². The van der Waals surface area contributed by atoms with Crippen LogP contribution in [0.15, 0.2) is 40.1 Å². The van der Waals surface area contributed by atoms with Crippen molar-refractivity contribution in [3.05, 3.63) is 56.5 Å². The summed E-state index contributed by atoms with van der Waals surface area (Å²) < 4.78 is 19.8. The van der Waals surface area contributed by atoms with Crippen molar-refractivity contribution in [3.63, 3.8) is 0 Å². The van der Waals surface area contributed by atoms with Crippen LogP contribution in [0.3, 0.4) is 0 Å². The number of carbonyl (C=O) groups is 3. The van der Waals surface area contributed by atoms with Gasteiger partial charge in [0.05, 0.1) is 10.7 Å². The molecular formula is C24H23ClFNO6S. The number of carboxylic acids is 1. The van der Waals surface area contributed by atoms with E-state index in [1.807, 2.05) is 0 Å². The zero-order valence-corrected chi connectivity index (χ0v) is 20.1. The first-order chi connectivity index (χ1) is 16.1. The predicted octanol–water partition coefficient (Wildman–Crippen LogP) is 5.90. The van der Waals surface area contributed by atoms with Crippen LogP contribution in [0.5, 0.6) is 5.75 Å². The lowest BCUT2D eigenvalue weighted by Crippen LogP contribution is -2.39. The normalized spacial score (nSPS) is 13.7. The number of benzene rings is 1. The molecule has 2 N–H and O–H groups in total. The molecule has 1 aromatic heterocycles. The fourth-order valence-corrected chi connectivity index (χ4v) is 4.01. The van der Waals surface area contributed by atoms with Gasteiger partial charge in [0.15, 0.2) is 6.10 Å². The Morgan fingerprint density at radius 2 is 1.88 bits per heavy atom. The highest BCUT2D eigenvalue weighted by Crippen LogP contribution is 2.35. The van der Waals surface area contributed by atoms with Gasteiger partial charge in [-0.25, -0.2) is 18.9 Å². The molecule has 0 aliphatic heterocycles. The van der Waals surface area contributed by atoms with Gasteiger partial charge in [-0.05, 0) is 68.0 Å². The summed E-state index contributed by atoms with van der Waals surface area (Å²) in [6, 6.07) is 3.85. The van der Waals surface area contributed by atoms with Crippen molar-refractivity contribution in [1.29, 1.82) is 0 Å². The summed E-state index contributed by atoms with van der Waals surface area (Å²) in [4.78, 5) is 36.1. The molecule has 0 spiro atoms. The number of amides is 2. The molecule has 3 rings (SSSR count). The summed E-state index contributed by atoms with van der Waals surface area (Å²) >= 11 is 7.65. The van der Waals surface area contributed by atoms with Crippen LogP contribution >= 0.6 is 22.9 Å². The number of carboxylic acid groups (broad SMARTS) is 2. The topological polar surface area (TPSA) is 104 Å². The molecule has 34 heavy (non-hydrogen) atoms. The van der Waals surface area contributed by atoms with Crippen LogP contribution in [0.1, 0.15) is 38.2 Å². The van der Waals surface area contributed by atoms with Gasteiger partial charge in [-0.1, -0.05) is 17.5 Å². The Morgan fingerprint density at radius 1 is 1.24 bits per heavy atom. The Bertz CT molecular complexity index is 1140.